The first-order chi connectivity index (χ1) is 14.1. The van der Waals surface area contributed by atoms with E-state index in [0.29, 0.717) is 11.7 Å². The van der Waals surface area contributed by atoms with E-state index in [1.165, 1.54) is 0 Å². The highest BCUT2D eigenvalue weighted by atomic mass is 16.4. The molecule has 1 amide bonds. The third-order valence-electron chi connectivity index (χ3n) is 5.41. The smallest absolute Gasteiger partial charge is 0.228 e. The summed E-state index contributed by atoms with van der Waals surface area (Å²) in [4.78, 5) is 23.8. The lowest BCUT2D eigenvalue weighted by Crippen LogP contribution is -2.38. The summed E-state index contributed by atoms with van der Waals surface area (Å²) < 4.78 is 5.87. The predicted molar refractivity (Wildman–Crippen MR) is 112 cm³/mol. The van der Waals surface area contributed by atoms with Gasteiger partial charge in [0.25, 0.3) is 0 Å². The number of carbonyl (C=O) groups excluding carboxylic acids is 1. The van der Waals surface area contributed by atoms with Crippen molar-refractivity contribution in [3.8, 4) is 11.5 Å². The maximum atomic E-state index is 12.6. The van der Waals surface area contributed by atoms with Gasteiger partial charge in [0.1, 0.15) is 11.6 Å². The summed E-state index contributed by atoms with van der Waals surface area (Å²) in [5.74, 6) is 2.23. The van der Waals surface area contributed by atoms with Gasteiger partial charge in [-0.15, -0.1) is 0 Å². The van der Waals surface area contributed by atoms with Gasteiger partial charge in [-0.25, -0.2) is 9.97 Å². The van der Waals surface area contributed by atoms with Gasteiger partial charge in [-0.05, 0) is 69.6 Å². The second-order valence-electron chi connectivity index (χ2n) is 7.65. The molecule has 6 heteroatoms. The van der Waals surface area contributed by atoms with E-state index in [4.69, 9.17) is 9.40 Å². The molecule has 1 N–H and O–H groups in total. The third-order valence-corrected chi connectivity index (χ3v) is 5.41. The molecule has 1 aromatic carbocycles. The first kappa shape index (κ1) is 19.3. The second kappa shape index (κ2) is 8.57. The molecule has 0 aliphatic carbocycles. The van der Waals surface area contributed by atoms with Crippen LogP contribution >= 0.6 is 0 Å². The van der Waals surface area contributed by atoms with E-state index in [2.05, 4.69) is 15.2 Å². The van der Waals surface area contributed by atoms with E-state index in [9.17, 15) is 4.79 Å². The molecule has 0 atom stereocenters. The normalized spacial score (nSPS) is 15.4. The largest absolute Gasteiger partial charge is 0.441 e. The first-order valence-corrected chi connectivity index (χ1v) is 10.1. The van der Waals surface area contributed by atoms with Crippen molar-refractivity contribution in [2.24, 2.45) is 5.92 Å². The molecule has 0 radical (unpaired) electrons. The molecule has 0 unspecified atom stereocenters. The number of aromatic nitrogens is 2. The molecule has 3 heterocycles. The van der Waals surface area contributed by atoms with Crippen LogP contribution in [0.15, 0.2) is 53.1 Å². The van der Waals surface area contributed by atoms with Gasteiger partial charge < -0.3 is 9.73 Å². The van der Waals surface area contributed by atoms with Crippen molar-refractivity contribution in [2.45, 2.75) is 33.2 Å². The minimum Gasteiger partial charge on any atom is -0.441 e. The molecule has 1 fully saturated rings. The highest BCUT2D eigenvalue weighted by molar-refractivity contribution is 5.91. The summed E-state index contributed by atoms with van der Waals surface area (Å²) in [6.07, 6.45) is 3.39. The zero-order chi connectivity index (χ0) is 20.2. The lowest BCUT2D eigenvalue weighted by atomic mass is 9.95. The number of benzene rings is 1. The van der Waals surface area contributed by atoms with E-state index in [1.807, 2.05) is 56.3 Å². The highest BCUT2D eigenvalue weighted by Gasteiger charge is 2.26. The van der Waals surface area contributed by atoms with Crippen LogP contribution in [0.2, 0.25) is 0 Å². The SMILES string of the molecule is Cc1ccnc(NC(=O)C2CCN(Cc3nc(-c4ccccc4)oc3C)CC2)c1. The van der Waals surface area contributed by atoms with Crippen molar-refractivity contribution in [2.75, 3.05) is 18.4 Å². The van der Waals surface area contributed by atoms with Crippen LogP contribution in [0.25, 0.3) is 11.5 Å². The van der Waals surface area contributed by atoms with Crippen molar-refractivity contribution in [3.05, 3.63) is 65.7 Å². The number of rotatable bonds is 5. The monoisotopic (exact) mass is 390 g/mol. The number of amides is 1. The average molecular weight is 390 g/mol. The summed E-state index contributed by atoms with van der Waals surface area (Å²) in [6.45, 7) is 6.43. The lowest BCUT2D eigenvalue weighted by molar-refractivity contribution is -0.121. The molecule has 1 aliphatic rings. The molecule has 6 nitrogen and oxygen atoms in total. The maximum absolute atomic E-state index is 12.6. The van der Waals surface area contributed by atoms with Crippen LogP contribution in [0.4, 0.5) is 5.82 Å². The standard InChI is InChI=1S/C23H26N4O2/c1-16-8-11-24-21(14-16)26-22(28)18-9-12-27(13-10-18)15-20-17(2)29-23(25-20)19-6-4-3-5-7-19/h3-8,11,14,18H,9-10,12-13,15H2,1-2H3,(H,24,26,28). The van der Waals surface area contributed by atoms with Crippen molar-refractivity contribution in [1.29, 1.82) is 0 Å². The second-order valence-corrected chi connectivity index (χ2v) is 7.65. The Morgan fingerprint density at radius 3 is 2.66 bits per heavy atom. The van der Waals surface area contributed by atoms with Crippen LogP contribution in [-0.2, 0) is 11.3 Å². The maximum Gasteiger partial charge on any atom is 0.228 e. The summed E-state index contributed by atoms with van der Waals surface area (Å²) in [7, 11) is 0. The minimum absolute atomic E-state index is 0.0202. The Balaban J connectivity index is 1.32. The summed E-state index contributed by atoms with van der Waals surface area (Å²) in [5, 5.41) is 2.95. The molecule has 29 heavy (non-hydrogen) atoms. The van der Waals surface area contributed by atoms with E-state index >= 15 is 0 Å². The average Bonchev–Trinajstić information content (AvgIpc) is 3.09. The van der Waals surface area contributed by atoms with Crippen LogP contribution in [-0.4, -0.2) is 33.9 Å². The van der Waals surface area contributed by atoms with Gasteiger partial charge in [0.2, 0.25) is 11.8 Å². The number of anilines is 1. The van der Waals surface area contributed by atoms with Gasteiger partial charge in [0, 0.05) is 24.2 Å². The zero-order valence-corrected chi connectivity index (χ0v) is 16.9. The number of piperidine rings is 1. The molecular weight excluding hydrogens is 364 g/mol. The van der Waals surface area contributed by atoms with Crippen molar-refractivity contribution in [1.82, 2.24) is 14.9 Å². The number of hydrogen-bond acceptors (Lipinski definition) is 5. The van der Waals surface area contributed by atoms with Crippen LogP contribution in [0.5, 0.6) is 0 Å². The van der Waals surface area contributed by atoms with Crippen molar-refractivity contribution in [3.63, 3.8) is 0 Å². The Kier molecular flexibility index (Phi) is 5.71. The molecule has 3 aromatic rings. The van der Waals surface area contributed by atoms with E-state index in [0.717, 1.165) is 55.1 Å². The predicted octanol–water partition coefficient (Wildman–Crippen LogP) is 4.20. The summed E-state index contributed by atoms with van der Waals surface area (Å²) in [6, 6.07) is 13.8. The number of aryl methyl sites for hydroxylation is 2. The molecule has 2 aromatic heterocycles. The van der Waals surface area contributed by atoms with Gasteiger partial charge in [-0.2, -0.15) is 0 Å². The Morgan fingerprint density at radius 2 is 1.93 bits per heavy atom. The molecule has 0 saturated carbocycles. The van der Waals surface area contributed by atoms with Gasteiger partial charge in [0.15, 0.2) is 0 Å². The molecule has 0 spiro atoms. The van der Waals surface area contributed by atoms with Crippen LogP contribution in [0, 0.1) is 19.8 Å². The molecule has 0 bridgehead atoms. The first-order valence-electron chi connectivity index (χ1n) is 10.1. The summed E-state index contributed by atoms with van der Waals surface area (Å²) in [5.41, 5.74) is 3.04. The van der Waals surface area contributed by atoms with Gasteiger partial charge >= 0.3 is 0 Å². The Labute approximate surface area is 171 Å². The number of nitrogens with zero attached hydrogens (tertiary/aromatic N) is 3. The van der Waals surface area contributed by atoms with Crippen LogP contribution < -0.4 is 5.32 Å². The van der Waals surface area contributed by atoms with Gasteiger partial charge in [0.05, 0.1) is 5.69 Å². The molecule has 4 rings (SSSR count). The van der Waals surface area contributed by atoms with Crippen molar-refractivity contribution < 1.29 is 9.21 Å². The zero-order valence-electron chi connectivity index (χ0n) is 16.9. The Morgan fingerprint density at radius 1 is 1.17 bits per heavy atom. The van der Waals surface area contributed by atoms with Crippen LogP contribution in [0.1, 0.15) is 29.9 Å². The fourth-order valence-corrected chi connectivity index (χ4v) is 3.68. The number of nitrogens with one attached hydrogen (secondary N) is 1. The fraction of sp³-hybridized carbons (Fsp3) is 0.348. The number of carbonyl (C=O) groups is 1. The Bertz CT molecular complexity index is 976. The molecule has 150 valence electrons. The van der Waals surface area contributed by atoms with E-state index in [1.54, 1.807) is 6.20 Å². The van der Waals surface area contributed by atoms with Crippen molar-refractivity contribution >= 4 is 11.7 Å². The third kappa shape index (κ3) is 4.71. The van der Waals surface area contributed by atoms with Crippen LogP contribution in [0.3, 0.4) is 0 Å². The van der Waals surface area contributed by atoms with E-state index in [-0.39, 0.29) is 11.8 Å². The van der Waals surface area contributed by atoms with E-state index < -0.39 is 0 Å². The Hall–Kier alpha value is -2.99. The van der Waals surface area contributed by atoms with Gasteiger partial charge in [-0.1, -0.05) is 18.2 Å². The summed E-state index contributed by atoms with van der Waals surface area (Å²) >= 11 is 0. The minimum atomic E-state index is 0.0202. The molecular formula is C23H26N4O2. The van der Waals surface area contributed by atoms with Gasteiger partial charge in [-0.3, -0.25) is 9.69 Å². The number of likely N-dealkylation sites (tertiary alicyclic amines) is 1. The lowest BCUT2D eigenvalue weighted by Gasteiger charge is -2.30. The number of pyridine rings is 1. The fourth-order valence-electron chi connectivity index (χ4n) is 3.68. The molecule has 1 saturated heterocycles. The number of oxazole rings is 1. The molecule has 1 aliphatic heterocycles. The topological polar surface area (TPSA) is 71.3 Å². The highest BCUT2D eigenvalue weighted by Crippen LogP contribution is 2.25. The quantitative estimate of drug-likeness (QED) is 0.707. The number of hydrogen-bond donors (Lipinski definition) is 1.